The molecule has 1 saturated heterocycles. The molecule has 3 N–H and O–H groups in total. The lowest BCUT2D eigenvalue weighted by Crippen LogP contribution is -2.56. The molecule has 4 heterocycles. The summed E-state index contributed by atoms with van der Waals surface area (Å²) in [6, 6.07) is 12.1. The van der Waals surface area contributed by atoms with Gasteiger partial charge in [-0.05, 0) is 61.1 Å². The van der Waals surface area contributed by atoms with Gasteiger partial charge in [0.25, 0.3) is 5.91 Å². The second-order valence-electron chi connectivity index (χ2n) is 8.34. The van der Waals surface area contributed by atoms with Crippen LogP contribution in [0, 0.1) is 6.92 Å². The normalized spacial score (nSPS) is 25.3. The average molecular weight is 404 g/mol. The number of nitrogens with one attached hydrogen (secondary N) is 2. The first-order valence-corrected chi connectivity index (χ1v) is 10.3. The van der Waals surface area contributed by atoms with Crippen LogP contribution in [0.3, 0.4) is 0 Å². The number of carbonyl (C=O) groups excluding carboxylic acids is 2. The van der Waals surface area contributed by atoms with E-state index >= 15 is 0 Å². The Kier molecular flexibility index (Phi) is 4.36. The van der Waals surface area contributed by atoms with Gasteiger partial charge in [0.1, 0.15) is 11.2 Å². The van der Waals surface area contributed by atoms with Crippen LogP contribution in [-0.4, -0.2) is 45.0 Å². The summed E-state index contributed by atoms with van der Waals surface area (Å²) in [5.74, 6) is 0.0892. The highest BCUT2D eigenvalue weighted by molar-refractivity contribution is 6.01. The fraction of sp³-hybridized carbons (Fsp3) is 0.348. The van der Waals surface area contributed by atoms with Crippen molar-refractivity contribution in [1.82, 2.24) is 20.0 Å². The molecule has 3 aromatic heterocycles. The van der Waals surface area contributed by atoms with Gasteiger partial charge >= 0.3 is 0 Å². The molecule has 0 bridgehead atoms. The molecule has 1 aliphatic heterocycles. The van der Waals surface area contributed by atoms with E-state index < -0.39 is 12.1 Å². The fourth-order valence-electron chi connectivity index (χ4n) is 4.57. The van der Waals surface area contributed by atoms with Crippen LogP contribution in [0.1, 0.15) is 52.0 Å². The molecule has 3 atom stereocenters. The van der Waals surface area contributed by atoms with Crippen molar-refractivity contribution in [3.63, 3.8) is 0 Å². The third-order valence-corrected chi connectivity index (χ3v) is 6.38. The third-order valence-electron chi connectivity index (χ3n) is 6.38. The van der Waals surface area contributed by atoms with Crippen molar-refractivity contribution in [2.75, 3.05) is 13.2 Å². The van der Waals surface area contributed by atoms with Crippen LogP contribution in [0.2, 0.25) is 0 Å². The molecule has 0 spiro atoms. The first-order valence-electron chi connectivity index (χ1n) is 10.3. The van der Waals surface area contributed by atoms with Crippen LogP contribution in [0.25, 0.3) is 5.52 Å². The monoisotopic (exact) mass is 404 g/mol. The maximum atomic E-state index is 13.2. The zero-order valence-electron chi connectivity index (χ0n) is 16.8. The Balaban J connectivity index is 1.46. The minimum absolute atomic E-state index is 0.339. The predicted octanol–water partition coefficient (Wildman–Crippen LogP) is 1.89. The zero-order valence-corrected chi connectivity index (χ0v) is 16.8. The van der Waals surface area contributed by atoms with Crippen molar-refractivity contribution >= 4 is 17.3 Å². The van der Waals surface area contributed by atoms with E-state index in [4.69, 9.17) is 0 Å². The Bertz CT molecular complexity index is 1140. The van der Waals surface area contributed by atoms with E-state index in [1.54, 1.807) is 0 Å². The Hall–Kier alpha value is -3.19. The molecule has 2 fully saturated rings. The van der Waals surface area contributed by atoms with E-state index in [0.29, 0.717) is 30.5 Å². The van der Waals surface area contributed by atoms with Crippen molar-refractivity contribution in [3.05, 3.63) is 71.3 Å². The van der Waals surface area contributed by atoms with Gasteiger partial charge in [0.15, 0.2) is 0 Å². The summed E-state index contributed by atoms with van der Waals surface area (Å²) < 4.78 is 1.89. The van der Waals surface area contributed by atoms with Gasteiger partial charge in [0.2, 0.25) is 5.91 Å². The predicted molar refractivity (Wildman–Crippen MR) is 111 cm³/mol. The van der Waals surface area contributed by atoms with Crippen molar-refractivity contribution < 1.29 is 14.7 Å². The molecule has 2 amide bonds. The summed E-state index contributed by atoms with van der Waals surface area (Å²) in [5.41, 5.74) is 3.25. The molecule has 7 heteroatoms. The number of aromatic nitrogens is 2. The van der Waals surface area contributed by atoms with Crippen LogP contribution in [-0.2, 0) is 4.79 Å². The zero-order chi connectivity index (χ0) is 20.9. The van der Waals surface area contributed by atoms with E-state index in [2.05, 4.69) is 27.8 Å². The second kappa shape index (κ2) is 6.95. The highest BCUT2D eigenvalue weighted by Crippen LogP contribution is 2.54. The second-order valence-corrected chi connectivity index (χ2v) is 8.34. The molecule has 1 aliphatic carbocycles. The Morgan fingerprint density at radius 2 is 2.20 bits per heavy atom. The summed E-state index contributed by atoms with van der Waals surface area (Å²) in [6.45, 7) is 1.90. The highest BCUT2D eigenvalue weighted by atomic mass is 16.3. The maximum absolute atomic E-state index is 13.2. The Morgan fingerprint density at radius 3 is 2.90 bits per heavy atom. The molecular formula is C23H24N4O3. The van der Waals surface area contributed by atoms with Crippen LogP contribution in [0.4, 0.5) is 0 Å². The smallest absolute Gasteiger partial charge is 0.269 e. The van der Waals surface area contributed by atoms with Crippen LogP contribution in [0.5, 0.6) is 0 Å². The van der Waals surface area contributed by atoms with Gasteiger partial charge in [0.05, 0.1) is 6.61 Å². The third kappa shape index (κ3) is 2.97. The molecule has 3 aromatic rings. The fourth-order valence-corrected chi connectivity index (χ4v) is 4.57. The molecule has 2 aliphatic rings. The first kappa shape index (κ1) is 18.8. The number of amides is 2. The number of hydrogen-bond donors (Lipinski definition) is 3. The van der Waals surface area contributed by atoms with Gasteiger partial charge in [-0.2, -0.15) is 0 Å². The van der Waals surface area contributed by atoms with Crippen molar-refractivity contribution in [2.45, 2.75) is 37.1 Å². The van der Waals surface area contributed by atoms with Crippen LogP contribution in [0.15, 0.2) is 48.8 Å². The highest BCUT2D eigenvalue weighted by Gasteiger charge is 2.44. The summed E-state index contributed by atoms with van der Waals surface area (Å²) in [4.78, 5) is 29.8. The number of pyridine rings is 2. The minimum atomic E-state index is -1.26. The van der Waals surface area contributed by atoms with Gasteiger partial charge in [-0.25, -0.2) is 0 Å². The Morgan fingerprint density at radius 1 is 1.33 bits per heavy atom. The van der Waals surface area contributed by atoms with Crippen LogP contribution < -0.4 is 10.6 Å². The molecule has 154 valence electrons. The average Bonchev–Trinajstić information content (AvgIpc) is 3.38. The van der Waals surface area contributed by atoms with Crippen molar-refractivity contribution in [1.29, 1.82) is 0 Å². The van der Waals surface area contributed by atoms with Gasteiger partial charge < -0.3 is 20.1 Å². The van der Waals surface area contributed by atoms with Crippen LogP contribution >= 0.6 is 0 Å². The number of aryl methyl sites for hydroxylation is 1. The van der Waals surface area contributed by atoms with Gasteiger partial charge in [-0.15, -0.1) is 0 Å². The summed E-state index contributed by atoms with van der Waals surface area (Å²) in [7, 11) is 0. The quantitative estimate of drug-likeness (QED) is 0.605. The molecule has 1 unspecified atom stereocenters. The summed E-state index contributed by atoms with van der Waals surface area (Å²) in [5, 5.41) is 15.3. The molecule has 0 aromatic carbocycles. The molecule has 5 rings (SSSR count). The van der Waals surface area contributed by atoms with Gasteiger partial charge in [-0.1, -0.05) is 12.1 Å². The number of aliphatic hydroxyl groups excluding tert-OH is 1. The number of carbonyl (C=O) groups is 2. The number of rotatable bonds is 5. The SMILES string of the molecule is Cc1cc2ccc([C@H]3C[C@@H]3c3ccccn3)cn2c1C(=O)NC1(CO)CCNC1=O. The van der Waals surface area contributed by atoms with Gasteiger partial charge in [0, 0.05) is 36.1 Å². The number of fused-ring (bicyclic) bond motifs is 1. The molecular weight excluding hydrogens is 380 g/mol. The lowest BCUT2D eigenvalue weighted by Gasteiger charge is -2.25. The topological polar surface area (TPSA) is 95.7 Å². The largest absolute Gasteiger partial charge is 0.393 e. The van der Waals surface area contributed by atoms with E-state index in [9.17, 15) is 14.7 Å². The van der Waals surface area contributed by atoms with E-state index in [1.807, 2.05) is 48.0 Å². The minimum Gasteiger partial charge on any atom is -0.393 e. The lowest BCUT2D eigenvalue weighted by atomic mass is 9.98. The molecule has 30 heavy (non-hydrogen) atoms. The van der Waals surface area contributed by atoms with E-state index in [1.165, 1.54) is 5.56 Å². The van der Waals surface area contributed by atoms with E-state index in [0.717, 1.165) is 23.2 Å². The number of aliphatic hydroxyl groups is 1. The number of hydrogen-bond acceptors (Lipinski definition) is 4. The summed E-state index contributed by atoms with van der Waals surface area (Å²) in [6.07, 6.45) is 5.25. The standard InChI is InChI=1S/C23H24N4O3/c1-14-10-16-6-5-15(17-11-18(17)19-4-2-3-8-24-19)12-27(16)20(14)21(29)26-23(13-28)7-9-25-22(23)30/h2-6,8,10,12,17-18,28H,7,9,11,13H2,1H3,(H,25,30)(H,26,29)/t17-,18+,23?/m1/s1. The summed E-state index contributed by atoms with van der Waals surface area (Å²) >= 11 is 0. The van der Waals surface area contributed by atoms with E-state index in [-0.39, 0.29) is 11.8 Å². The van der Waals surface area contributed by atoms with Gasteiger partial charge in [-0.3, -0.25) is 14.6 Å². The maximum Gasteiger partial charge on any atom is 0.269 e. The van der Waals surface area contributed by atoms with Crippen molar-refractivity contribution in [2.24, 2.45) is 0 Å². The first-order chi connectivity index (χ1) is 14.5. The Labute approximate surface area is 174 Å². The lowest BCUT2D eigenvalue weighted by molar-refractivity contribution is -0.125. The molecule has 7 nitrogen and oxygen atoms in total. The van der Waals surface area contributed by atoms with Crippen molar-refractivity contribution in [3.8, 4) is 0 Å². The molecule has 0 radical (unpaired) electrons. The molecule has 1 saturated carbocycles. The number of nitrogens with zero attached hydrogens (tertiary/aromatic N) is 2.